The fraction of sp³-hybridized carbons (Fsp3) is 0.182. The minimum Gasteiger partial charge on any atom is -0.343 e. The van der Waals surface area contributed by atoms with Crippen LogP contribution in [0.5, 0.6) is 0 Å². The van der Waals surface area contributed by atoms with Crippen molar-refractivity contribution in [3.63, 3.8) is 0 Å². The zero-order valence-corrected chi connectivity index (χ0v) is 10.8. The Bertz CT molecular complexity index is 524. The van der Waals surface area contributed by atoms with Crippen LogP contribution in [0.2, 0.25) is 0 Å². The van der Waals surface area contributed by atoms with Crippen LogP contribution in [-0.4, -0.2) is 20.4 Å². The summed E-state index contributed by atoms with van der Waals surface area (Å²) in [5.74, 6) is 0.246. The van der Waals surface area contributed by atoms with Crippen LogP contribution in [0.4, 0.5) is 5.82 Å². The van der Waals surface area contributed by atoms with E-state index in [0.29, 0.717) is 11.5 Å². The molecule has 0 radical (unpaired) electrons. The topological polar surface area (TPSA) is 59.8 Å². The molecule has 0 unspecified atom stereocenters. The van der Waals surface area contributed by atoms with Gasteiger partial charge in [-0.25, -0.2) is 4.98 Å². The first-order valence-corrected chi connectivity index (χ1v) is 5.93. The molecule has 6 heteroatoms. The van der Waals surface area contributed by atoms with E-state index < -0.39 is 0 Å². The van der Waals surface area contributed by atoms with Crippen molar-refractivity contribution >= 4 is 27.7 Å². The molecule has 0 aliphatic rings. The third-order valence-corrected chi connectivity index (χ3v) is 2.67. The number of carbonyl (C=O) groups excluding carboxylic acids is 1. The Labute approximate surface area is 107 Å². The molecule has 0 fully saturated rings. The number of nitrogens with zero attached hydrogens (tertiary/aromatic N) is 3. The number of hydrogen-bond donors (Lipinski definition) is 1. The summed E-state index contributed by atoms with van der Waals surface area (Å²) in [4.78, 5) is 19.9. The molecule has 2 aromatic rings. The predicted octanol–water partition coefficient (Wildman–Crippen LogP) is 2.31. The molecule has 2 rings (SSSR count). The maximum Gasteiger partial charge on any atom is 0.273 e. The number of aryl methyl sites for hydroxylation is 1. The van der Waals surface area contributed by atoms with Crippen molar-refractivity contribution in [2.75, 3.05) is 5.32 Å². The van der Waals surface area contributed by atoms with Crippen molar-refractivity contribution in [1.82, 2.24) is 14.5 Å². The average Bonchev–Trinajstić information content (AvgIpc) is 2.72. The molecule has 0 aliphatic heterocycles. The predicted molar refractivity (Wildman–Crippen MR) is 67.8 cm³/mol. The number of rotatable bonds is 3. The molecule has 0 saturated carbocycles. The van der Waals surface area contributed by atoms with E-state index in [1.807, 2.05) is 17.7 Å². The number of amides is 1. The number of aromatic nitrogens is 3. The van der Waals surface area contributed by atoms with E-state index in [2.05, 4.69) is 31.2 Å². The third kappa shape index (κ3) is 2.71. The quantitative estimate of drug-likeness (QED) is 0.945. The molecule has 88 valence electrons. The lowest BCUT2D eigenvalue weighted by molar-refractivity contribution is 0.101. The van der Waals surface area contributed by atoms with Gasteiger partial charge in [0.15, 0.2) is 5.82 Å². The van der Waals surface area contributed by atoms with Gasteiger partial charge in [0.25, 0.3) is 5.91 Å². The Kier molecular flexibility index (Phi) is 3.53. The molecule has 0 aliphatic carbocycles. The fourth-order valence-electron chi connectivity index (χ4n) is 1.47. The van der Waals surface area contributed by atoms with E-state index in [0.717, 1.165) is 11.0 Å². The molecule has 1 amide bonds. The van der Waals surface area contributed by atoms with Crippen LogP contribution in [0.15, 0.2) is 35.3 Å². The van der Waals surface area contributed by atoms with Gasteiger partial charge in [-0.05, 0) is 28.9 Å². The zero-order chi connectivity index (χ0) is 12.3. The molecule has 0 saturated heterocycles. The molecular weight excluding hydrogens is 284 g/mol. The summed E-state index contributed by atoms with van der Waals surface area (Å²) in [6, 6.07) is 1.77. The summed E-state index contributed by atoms with van der Waals surface area (Å²) in [7, 11) is 0. The minimum absolute atomic E-state index is 0.196. The largest absolute Gasteiger partial charge is 0.343 e. The normalized spacial score (nSPS) is 10.2. The fourth-order valence-corrected chi connectivity index (χ4v) is 1.93. The Morgan fingerprint density at radius 3 is 3.00 bits per heavy atom. The molecule has 5 nitrogen and oxygen atoms in total. The van der Waals surface area contributed by atoms with Crippen LogP contribution in [0.3, 0.4) is 0 Å². The van der Waals surface area contributed by atoms with E-state index in [-0.39, 0.29) is 5.91 Å². The lowest BCUT2D eigenvalue weighted by Crippen LogP contribution is -2.17. The van der Waals surface area contributed by atoms with Crippen LogP contribution in [0.1, 0.15) is 17.4 Å². The van der Waals surface area contributed by atoms with Gasteiger partial charge in [0.05, 0.1) is 6.20 Å². The number of anilines is 1. The molecule has 2 aromatic heterocycles. The summed E-state index contributed by atoms with van der Waals surface area (Å²) in [6.45, 7) is 2.71. The van der Waals surface area contributed by atoms with E-state index >= 15 is 0 Å². The van der Waals surface area contributed by atoms with Crippen molar-refractivity contribution < 1.29 is 4.79 Å². The monoisotopic (exact) mass is 294 g/mol. The minimum atomic E-state index is -0.196. The lowest BCUT2D eigenvalue weighted by Gasteiger charge is -2.06. The van der Waals surface area contributed by atoms with Crippen molar-refractivity contribution in [1.29, 1.82) is 0 Å². The summed E-state index contributed by atoms with van der Waals surface area (Å²) >= 11 is 3.35. The van der Waals surface area contributed by atoms with Crippen molar-refractivity contribution in [2.24, 2.45) is 0 Å². The summed E-state index contributed by atoms with van der Waals surface area (Å²) in [6.07, 6.45) is 6.46. The second-order valence-electron chi connectivity index (χ2n) is 3.37. The van der Waals surface area contributed by atoms with Crippen LogP contribution in [0, 0.1) is 0 Å². The highest BCUT2D eigenvalue weighted by molar-refractivity contribution is 9.10. The molecule has 0 bridgehead atoms. The molecule has 1 N–H and O–H groups in total. The van der Waals surface area contributed by atoms with Crippen LogP contribution < -0.4 is 5.32 Å². The van der Waals surface area contributed by atoms with Gasteiger partial charge in [-0.1, -0.05) is 0 Å². The van der Waals surface area contributed by atoms with Crippen LogP contribution in [0.25, 0.3) is 0 Å². The molecular formula is C11H11BrN4O. The highest BCUT2D eigenvalue weighted by Gasteiger charge is 2.12. The Balaban J connectivity index is 2.20. The van der Waals surface area contributed by atoms with Gasteiger partial charge in [0, 0.05) is 29.6 Å². The van der Waals surface area contributed by atoms with E-state index in [1.165, 1.54) is 12.4 Å². The van der Waals surface area contributed by atoms with Crippen molar-refractivity contribution in [2.45, 2.75) is 13.5 Å². The second kappa shape index (κ2) is 5.09. The smallest absolute Gasteiger partial charge is 0.273 e. The van der Waals surface area contributed by atoms with Gasteiger partial charge in [0.1, 0.15) is 5.69 Å². The second-order valence-corrected chi connectivity index (χ2v) is 4.29. The van der Waals surface area contributed by atoms with Gasteiger partial charge in [-0.3, -0.25) is 9.78 Å². The highest BCUT2D eigenvalue weighted by atomic mass is 79.9. The number of carbonyl (C=O) groups is 1. The SMILES string of the molecule is CCn1cc(Br)cc1C(=O)Nc1cnccn1. The zero-order valence-electron chi connectivity index (χ0n) is 9.22. The maximum atomic E-state index is 12.0. The van der Waals surface area contributed by atoms with Crippen molar-refractivity contribution in [3.05, 3.63) is 41.0 Å². The molecule has 17 heavy (non-hydrogen) atoms. The highest BCUT2D eigenvalue weighted by Crippen LogP contribution is 2.16. The lowest BCUT2D eigenvalue weighted by atomic mass is 10.4. The summed E-state index contributed by atoms with van der Waals surface area (Å²) in [5.41, 5.74) is 0.588. The molecule has 0 atom stereocenters. The third-order valence-electron chi connectivity index (χ3n) is 2.24. The van der Waals surface area contributed by atoms with E-state index in [4.69, 9.17) is 0 Å². The standard InChI is InChI=1S/C11H11BrN4O/c1-2-16-7-8(12)5-9(16)11(17)15-10-6-13-3-4-14-10/h3-7H,2H2,1H3,(H,14,15,17). The van der Waals surface area contributed by atoms with Gasteiger partial charge in [0.2, 0.25) is 0 Å². The number of hydrogen-bond acceptors (Lipinski definition) is 3. The van der Waals surface area contributed by atoms with E-state index in [1.54, 1.807) is 12.3 Å². The molecule has 2 heterocycles. The average molecular weight is 295 g/mol. The number of nitrogens with one attached hydrogen (secondary N) is 1. The first-order valence-electron chi connectivity index (χ1n) is 5.13. The first-order chi connectivity index (χ1) is 8.20. The Hall–Kier alpha value is -1.69. The Morgan fingerprint density at radius 1 is 1.53 bits per heavy atom. The number of halogens is 1. The van der Waals surface area contributed by atoms with Crippen LogP contribution in [-0.2, 0) is 6.54 Å². The van der Waals surface area contributed by atoms with Crippen LogP contribution >= 0.6 is 15.9 Å². The molecule has 0 spiro atoms. The first kappa shape index (κ1) is 11.8. The van der Waals surface area contributed by atoms with Gasteiger partial charge in [-0.15, -0.1) is 0 Å². The molecule has 0 aromatic carbocycles. The maximum absolute atomic E-state index is 12.0. The Morgan fingerprint density at radius 2 is 2.35 bits per heavy atom. The summed E-state index contributed by atoms with van der Waals surface area (Å²) in [5, 5.41) is 2.69. The summed E-state index contributed by atoms with van der Waals surface area (Å²) < 4.78 is 2.74. The van der Waals surface area contributed by atoms with Crippen molar-refractivity contribution in [3.8, 4) is 0 Å². The van der Waals surface area contributed by atoms with Gasteiger partial charge in [-0.2, -0.15) is 0 Å². The van der Waals surface area contributed by atoms with Gasteiger partial charge >= 0.3 is 0 Å². The van der Waals surface area contributed by atoms with Gasteiger partial charge < -0.3 is 9.88 Å². The van der Waals surface area contributed by atoms with E-state index in [9.17, 15) is 4.79 Å².